The number of ether oxygens (including phenoxy) is 5. The van der Waals surface area contributed by atoms with E-state index in [4.69, 9.17) is 112 Å². The first-order valence-corrected chi connectivity index (χ1v) is 43.3. The molecule has 24 nitrogen and oxygen atoms in total. The summed E-state index contributed by atoms with van der Waals surface area (Å²) in [7, 11) is 0. The number of carboxylic acids is 1. The van der Waals surface area contributed by atoms with Gasteiger partial charge in [-0.2, -0.15) is 0 Å². The summed E-state index contributed by atoms with van der Waals surface area (Å²) in [5.74, 6) is 0.0110. The van der Waals surface area contributed by atoms with Crippen molar-refractivity contribution >= 4 is 157 Å². The predicted molar refractivity (Wildman–Crippen MR) is 475 cm³/mol. The molecule has 0 spiro atoms. The number of halogens is 9. The number of carboxylic acid groups (broad SMARTS) is 1. The second-order valence-corrected chi connectivity index (χ2v) is 35.8. The summed E-state index contributed by atoms with van der Waals surface area (Å²) in [5.41, 5.74) is 9.34. The molecule has 12 aromatic rings. The van der Waals surface area contributed by atoms with E-state index >= 15 is 4.39 Å². The monoisotopic (exact) mass is 1920 g/mol. The molecule has 3 aliphatic heterocycles. The van der Waals surface area contributed by atoms with Gasteiger partial charge in [-0.05, 0) is 254 Å². The lowest BCUT2D eigenvalue weighted by atomic mass is 10.0. The topological polar surface area (TPSA) is 304 Å². The molecule has 18 rings (SSSR count). The van der Waals surface area contributed by atoms with Gasteiger partial charge in [0.1, 0.15) is 86.3 Å². The number of amides is 3. The van der Waals surface area contributed by atoms with Crippen molar-refractivity contribution in [3.05, 3.63) is 265 Å². The van der Waals surface area contributed by atoms with Crippen LogP contribution >= 0.6 is 92.2 Å². The Morgan fingerprint density at radius 3 is 1.19 bits per heavy atom. The number of benzene rings is 6. The number of aromatic nitrogens is 6. The van der Waals surface area contributed by atoms with Gasteiger partial charge in [0.05, 0.1) is 74.9 Å². The third-order valence-corrected chi connectivity index (χ3v) is 23.2. The average molecular weight is 1930 g/mol. The minimum Gasteiger partial charge on any atom is -0.489 e. The molecule has 3 fully saturated rings. The standard InChI is InChI=1S/C32H28Cl2FN3O5.C28H20Cl2FN3O5.C22H18Cl2N2O3.C10H12INO2/c1-32(2,3)42-31(40)19-14-24(35)30(36-15-19)38-25-11-10-20(13-18(25)9-12-26(38)39)41-16-21-28(37-43-29(21)17-7-8-17)27-22(33)5-4-6-23(27)34;29-19-2-1-3-20(30)24(19)25-18(26(39-33-25)14-4-5-14)13-38-17-7-8-22-15(10-17)6-9-23(35)34(22)27-21(31)11-16(12-32-27)28(36)37;23-16-2-1-3-17(24)20(16)21-15(22(29-26-21)12-4-5-12)11-28-14-7-8-18-13(10-14)6-9-19(27)25-18;1-10(2,3)14-9(13)7-4-5-8(11)12-6-7/h4-6,10-11,13-15,17H,7-9,12,16H2,1-3H3;1-3,7-8,10-12,14H,4-6,9,13H2,(H,36,37);1-3,7-8,10,12H,4-6,9,11H2,(H,25,27);4-6H,1-3H3. The molecule has 6 aromatic carbocycles. The lowest BCUT2D eigenvalue weighted by Gasteiger charge is -2.29. The average Bonchev–Trinajstić information content (AvgIpc) is 1.68. The van der Waals surface area contributed by atoms with E-state index in [0.717, 1.165) is 123 Å². The van der Waals surface area contributed by atoms with Gasteiger partial charge in [0.2, 0.25) is 17.7 Å². The zero-order valence-corrected chi connectivity index (χ0v) is 74.6. The molecule has 6 aliphatic rings. The van der Waals surface area contributed by atoms with E-state index < -0.39 is 34.8 Å². The minimum absolute atomic E-state index is 0.0404. The number of aromatic carboxylic acids is 1. The number of hydrogen-bond acceptors (Lipinski definition) is 20. The van der Waals surface area contributed by atoms with Gasteiger partial charge in [0.15, 0.2) is 23.3 Å². The van der Waals surface area contributed by atoms with Gasteiger partial charge in [0.25, 0.3) is 0 Å². The van der Waals surface area contributed by atoms with Crippen LogP contribution in [0.25, 0.3) is 33.8 Å². The van der Waals surface area contributed by atoms with Crippen LogP contribution in [0, 0.1) is 15.3 Å². The van der Waals surface area contributed by atoms with Crippen LogP contribution in [-0.2, 0) is 62.9 Å². The molecule has 0 atom stereocenters. The smallest absolute Gasteiger partial charge is 0.340 e. The minimum atomic E-state index is -1.31. The van der Waals surface area contributed by atoms with Gasteiger partial charge in [-0.15, -0.1) is 0 Å². The lowest BCUT2D eigenvalue weighted by molar-refractivity contribution is -0.119. The van der Waals surface area contributed by atoms with Gasteiger partial charge in [-0.25, -0.2) is 38.1 Å². The second kappa shape index (κ2) is 37.6. The highest BCUT2D eigenvalue weighted by Gasteiger charge is 2.39. The Bertz CT molecular complexity index is 6140. The number of nitrogens with one attached hydrogen (secondary N) is 1. The number of rotatable bonds is 20. The molecule has 644 valence electrons. The Morgan fingerprint density at radius 2 is 0.824 bits per heavy atom. The van der Waals surface area contributed by atoms with Crippen LogP contribution in [0.15, 0.2) is 166 Å². The van der Waals surface area contributed by atoms with E-state index in [0.29, 0.717) is 131 Å². The Labute approximate surface area is 759 Å². The lowest BCUT2D eigenvalue weighted by Crippen LogP contribution is -2.32. The zero-order valence-electron chi connectivity index (χ0n) is 67.9. The molecule has 0 radical (unpaired) electrons. The first-order valence-electron chi connectivity index (χ1n) is 39.9. The third kappa shape index (κ3) is 20.9. The van der Waals surface area contributed by atoms with Crippen LogP contribution in [0.1, 0.15) is 199 Å². The van der Waals surface area contributed by atoms with Crippen LogP contribution in [0.3, 0.4) is 0 Å². The number of hydrogen-bond donors (Lipinski definition) is 2. The molecule has 6 aromatic heterocycles. The normalized spacial score (nSPS) is 14.7. The molecule has 2 N–H and O–H groups in total. The zero-order chi connectivity index (χ0) is 88.4. The summed E-state index contributed by atoms with van der Waals surface area (Å²) in [5, 5.41) is 27.7. The fraction of sp³-hybridized carbons (Fsp3) is 0.283. The van der Waals surface area contributed by atoms with Gasteiger partial charge in [0, 0.05) is 78.0 Å². The van der Waals surface area contributed by atoms with E-state index in [9.17, 15) is 33.2 Å². The Hall–Kier alpha value is -11.1. The number of carbonyl (C=O) groups excluding carboxylic acids is 5. The van der Waals surface area contributed by atoms with Crippen LogP contribution < -0.4 is 29.3 Å². The van der Waals surface area contributed by atoms with Crippen molar-refractivity contribution in [3.8, 4) is 51.0 Å². The van der Waals surface area contributed by atoms with Crippen molar-refractivity contribution in [2.75, 3.05) is 15.1 Å². The van der Waals surface area contributed by atoms with Crippen molar-refractivity contribution in [1.82, 2.24) is 30.4 Å². The van der Waals surface area contributed by atoms with E-state index in [2.05, 4.69) is 58.3 Å². The second-order valence-electron chi connectivity index (χ2n) is 32.2. The fourth-order valence-electron chi connectivity index (χ4n) is 14.2. The predicted octanol–water partition coefficient (Wildman–Crippen LogP) is 23.8. The van der Waals surface area contributed by atoms with Crippen LogP contribution in [0.4, 0.5) is 37.5 Å². The molecule has 3 aliphatic carbocycles. The van der Waals surface area contributed by atoms with Crippen LogP contribution in [-0.4, -0.2) is 82.4 Å². The van der Waals surface area contributed by atoms with Gasteiger partial charge >= 0.3 is 17.9 Å². The summed E-state index contributed by atoms with van der Waals surface area (Å²) in [6, 6.07) is 37.3. The highest BCUT2D eigenvalue weighted by Crippen LogP contribution is 2.51. The molecular weight excluding hydrogens is 1850 g/mol. The largest absolute Gasteiger partial charge is 0.489 e. The molecule has 125 heavy (non-hydrogen) atoms. The molecule has 3 amide bonds. The Balaban J connectivity index is 0.000000136. The van der Waals surface area contributed by atoms with Gasteiger partial charge in [-0.3, -0.25) is 24.2 Å². The maximum absolute atomic E-state index is 15.3. The summed E-state index contributed by atoms with van der Waals surface area (Å²) >= 11 is 40.8. The maximum Gasteiger partial charge on any atom is 0.340 e. The van der Waals surface area contributed by atoms with Crippen molar-refractivity contribution in [2.24, 2.45) is 0 Å². The third-order valence-electron chi connectivity index (χ3n) is 20.6. The van der Waals surface area contributed by atoms with Crippen molar-refractivity contribution < 1.29 is 79.9 Å². The quantitative estimate of drug-likeness (QED) is 0.0407. The maximum atomic E-state index is 15.3. The Morgan fingerprint density at radius 1 is 0.464 bits per heavy atom. The van der Waals surface area contributed by atoms with Gasteiger partial charge in [-0.1, -0.05) is 103 Å². The van der Waals surface area contributed by atoms with E-state index in [1.807, 2.05) is 45.0 Å². The number of aryl methyl sites for hydroxylation is 3. The highest BCUT2D eigenvalue weighted by molar-refractivity contribution is 14.1. The number of nitrogens with zero attached hydrogens (tertiary/aromatic N) is 8. The summed E-state index contributed by atoms with van der Waals surface area (Å²) in [4.78, 5) is 86.8. The molecule has 0 unspecified atom stereocenters. The molecule has 9 heterocycles. The van der Waals surface area contributed by atoms with Crippen molar-refractivity contribution in [1.29, 1.82) is 0 Å². The highest BCUT2D eigenvalue weighted by atomic mass is 127. The fourth-order valence-corrected chi connectivity index (χ4v) is 16.3. The Kier molecular flexibility index (Phi) is 26.7. The van der Waals surface area contributed by atoms with Crippen molar-refractivity contribution in [3.63, 3.8) is 0 Å². The molecule has 33 heteroatoms. The van der Waals surface area contributed by atoms with Crippen LogP contribution in [0.5, 0.6) is 17.2 Å². The number of esters is 2. The summed E-state index contributed by atoms with van der Waals surface area (Å²) in [6.45, 7) is 11.3. The number of fused-ring (bicyclic) bond motifs is 3. The summed E-state index contributed by atoms with van der Waals surface area (Å²) < 4.78 is 77.0. The van der Waals surface area contributed by atoms with E-state index in [1.54, 1.807) is 118 Å². The van der Waals surface area contributed by atoms with Crippen LogP contribution in [0.2, 0.25) is 30.1 Å². The van der Waals surface area contributed by atoms with E-state index in [-0.39, 0.29) is 84.3 Å². The number of anilines is 5. The summed E-state index contributed by atoms with van der Waals surface area (Å²) in [6.07, 6.45) is 12.3. The molecular formula is C92H78Cl6F2IN9O15. The number of pyridine rings is 3. The number of carbonyl (C=O) groups is 6. The molecule has 3 saturated carbocycles. The molecule has 0 saturated heterocycles. The first-order chi connectivity index (χ1) is 59.8. The molecule has 0 bridgehead atoms. The SMILES string of the molecule is CC(C)(C)OC(=O)c1ccc(I)nc1.CC(C)(C)OC(=O)c1cnc(N2C(=O)CCc3cc(OCc4c(-c5c(Cl)cccc5Cl)noc4C4CC4)ccc32)c(F)c1.O=C(O)c1cnc(N2C(=O)CCc3cc(OCc4c(-c5c(Cl)cccc5Cl)noc4C4CC4)ccc32)c(F)c1.O=C1CCc2cc(OCc3c(-c4c(Cl)cccc4Cl)noc3C3CC3)ccc2N1. The first kappa shape index (κ1) is 88.8. The van der Waals surface area contributed by atoms with Crippen molar-refractivity contribution in [2.45, 2.75) is 167 Å². The van der Waals surface area contributed by atoms with Gasteiger partial charge < -0.3 is 47.7 Å². The van der Waals surface area contributed by atoms with E-state index in [1.165, 1.54) is 22.2 Å².